The molecule has 104 valence electrons. The third-order valence-electron chi connectivity index (χ3n) is 3.13. The minimum Gasteiger partial charge on any atom is -0.258 e. The molecule has 0 aliphatic heterocycles. The number of hydrogen-bond acceptors (Lipinski definition) is 3. The van der Waals surface area contributed by atoms with Gasteiger partial charge >= 0.3 is 0 Å². The van der Waals surface area contributed by atoms with Gasteiger partial charge in [-0.15, -0.1) is 11.8 Å². The van der Waals surface area contributed by atoms with Crippen LogP contribution in [0.1, 0.15) is 16.7 Å². The van der Waals surface area contributed by atoms with Crippen molar-refractivity contribution in [3.8, 4) is 0 Å². The van der Waals surface area contributed by atoms with Crippen LogP contribution in [-0.2, 0) is 5.75 Å². The van der Waals surface area contributed by atoms with E-state index in [9.17, 15) is 10.1 Å². The van der Waals surface area contributed by atoms with Gasteiger partial charge < -0.3 is 0 Å². The van der Waals surface area contributed by atoms with Gasteiger partial charge in [0, 0.05) is 16.7 Å². The molecule has 0 radical (unpaired) electrons. The molecule has 0 aliphatic carbocycles. The topological polar surface area (TPSA) is 43.1 Å². The Morgan fingerprint density at radius 3 is 2.60 bits per heavy atom. The second kappa shape index (κ2) is 6.41. The maximum atomic E-state index is 10.9. The first-order valence-corrected chi connectivity index (χ1v) is 7.88. The van der Waals surface area contributed by atoms with Crippen molar-refractivity contribution in [2.45, 2.75) is 24.5 Å². The summed E-state index contributed by atoms with van der Waals surface area (Å²) in [5.74, 6) is 0.699. The summed E-state index contributed by atoms with van der Waals surface area (Å²) in [6.45, 7) is 4.17. The van der Waals surface area contributed by atoms with Crippen LogP contribution in [0.15, 0.2) is 45.8 Å². The molecule has 0 saturated heterocycles. The molecular formula is C15H14BrNO2S. The Balaban J connectivity index is 2.17. The lowest BCUT2D eigenvalue weighted by Crippen LogP contribution is -1.92. The Bertz CT molecular complexity index is 658. The number of halogens is 1. The summed E-state index contributed by atoms with van der Waals surface area (Å²) in [6.07, 6.45) is 0. The van der Waals surface area contributed by atoms with Crippen molar-refractivity contribution in [1.29, 1.82) is 0 Å². The summed E-state index contributed by atoms with van der Waals surface area (Å²) in [5.41, 5.74) is 3.57. The van der Waals surface area contributed by atoms with E-state index in [1.807, 2.05) is 6.07 Å². The normalized spacial score (nSPS) is 10.6. The standard InChI is InChI=1S/C15H14BrNO2S/c1-10-6-7-13(8-11(10)2)20-9-12-4-3-5-14(15(12)16)17(18)19/h3-8H,9H2,1-2H3. The first-order chi connectivity index (χ1) is 9.49. The van der Waals surface area contributed by atoms with Gasteiger partial charge in [-0.25, -0.2) is 0 Å². The highest BCUT2D eigenvalue weighted by atomic mass is 79.9. The molecule has 5 heteroatoms. The van der Waals surface area contributed by atoms with E-state index < -0.39 is 0 Å². The molecule has 0 heterocycles. The highest BCUT2D eigenvalue weighted by Crippen LogP contribution is 2.33. The predicted molar refractivity (Wildman–Crippen MR) is 86.3 cm³/mol. The molecule has 0 unspecified atom stereocenters. The van der Waals surface area contributed by atoms with E-state index in [2.05, 4.69) is 48.0 Å². The first-order valence-electron chi connectivity index (χ1n) is 6.11. The molecule has 0 saturated carbocycles. The van der Waals surface area contributed by atoms with Crippen LogP contribution in [-0.4, -0.2) is 4.92 Å². The summed E-state index contributed by atoms with van der Waals surface area (Å²) in [4.78, 5) is 11.7. The van der Waals surface area contributed by atoms with Crippen molar-refractivity contribution in [3.05, 3.63) is 67.7 Å². The van der Waals surface area contributed by atoms with Crippen LogP contribution in [0.25, 0.3) is 0 Å². The van der Waals surface area contributed by atoms with E-state index in [1.54, 1.807) is 17.8 Å². The van der Waals surface area contributed by atoms with Crippen molar-refractivity contribution in [2.24, 2.45) is 0 Å². The van der Waals surface area contributed by atoms with Crippen molar-refractivity contribution >= 4 is 33.4 Å². The SMILES string of the molecule is Cc1ccc(SCc2cccc([N+](=O)[O-])c2Br)cc1C. The van der Waals surface area contributed by atoms with Crippen LogP contribution in [0, 0.1) is 24.0 Å². The molecule has 20 heavy (non-hydrogen) atoms. The van der Waals surface area contributed by atoms with Gasteiger partial charge in [0.2, 0.25) is 0 Å². The fourth-order valence-electron chi connectivity index (χ4n) is 1.78. The summed E-state index contributed by atoms with van der Waals surface area (Å²) in [6, 6.07) is 11.5. The fraction of sp³-hybridized carbons (Fsp3) is 0.200. The van der Waals surface area contributed by atoms with Crippen molar-refractivity contribution in [2.75, 3.05) is 0 Å². The molecule has 3 nitrogen and oxygen atoms in total. The number of nitro groups is 1. The zero-order valence-corrected chi connectivity index (χ0v) is 13.6. The maximum Gasteiger partial charge on any atom is 0.283 e. The molecule has 2 aromatic rings. The minimum absolute atomic E-state index is 0.114. The molecule has 0 aromatic heterocycles. The molecule has 0 fully saturated rings. The lowest BCUT2D eigenvalue weighted by atomic mass is 10.1. The van der Waals surface area contributed by atoms with Crippen molar-refractivity contribution in [3.63, 3.8) is 0 Å². The van der Waals surface area contributed by atoms with E-state index in [0.29, 0.717) is 10.2 Å². The van der Waals surface area contributed by atoms with Gasteiger partial charge in [0.05, 0.1) is 9.40 Å². The average molecular weight is 352 g/mol. The molecule has 0 aliphatic rings. The predicted octanol–water partition coefficient (Wildman–Crippen LogP) is 5.27. The fourth-order valence-corrected chi connectivity index (χ4v) is 3.51. The van der Waals surface area contributed by atoms with E-state index in [1.165, 1.54) is 22.1 Å². The maximum absolute atomic E-state index is 10.9. The van der Waals surface area contributed by atoms with Crippen LogP contribution in [0.5, 0.6) is 0 Å². The average Bonchev–Trinajstić information content (AvgIpc) is 2.41. The van der Waals surface area contributed by atoms with E-state index >= 15 is 0 Å². The Labute approximate surface area is 130 Å². The Hall–Kier alpha value is -1.33. The number of rotatable bonds is 4. The van der Waals surface area contributed by atoms with Gasteiger partial charge in [-0.1, -0.05) is 18.2 Å². The van der Waals surface area contributed by atoms with Gasteiger partial charge in [0.25, 0.3) is 5.69 Å². The zero-order valence-electron chi connectivity index (χ0n) is 11.2. The molecule has 0 atom stereocenters. The van der Waals surface area contributed by atoms with Gasteiger partial charge in [-0.3, -0.25) is 10.1 Å². The van der Waals surface area contributed by atoms with Gasteiger partial charge in [-0.05, 0) is 58.6 Å². The van der Waals surface area contributed by atoms with E-state index in [0.717, 1.165) is 5.56 Å². The van der Waals surface area contributed by atoms with Crippen molar-refractivity contribution in [1.82, 2.24) is 0 Å². The number of thioether (sulfide) groups is 1. The largest absolute Gasteiger partial charge is 0.283 e. The third kappa shape index (κ3) is 3.41. The lowest BCUT2D eigenvalue weighted by Gasteiger charge is -2.07. The second-order valence-corrected chi connectivity index (χ2v) is 6.38. The van der Waals surface area contributed by atoms with Gasteiger partial charge in [0.1, 0.15) is 0 Å². The quantitative estimate of drug-likeness (QED) is 0.428. The number of benzene rings is 2. The number of nitro benzene ring substituents is 1. The Kier molecular flexibility index (Phi) is 4.83. The van der Waals surface area contributed by atoms with Crippen LogP contribution in [0.3, 0.4) is 0 Å². The smallest absolute Gasteiger partial charge is 0.258 e. The Morgan fingerprint density at radius 2 is 1.95 bits per heavy atom. The van der Waals surface area contributed by atoms with Gasteiger partial charge in [0.15, 0.2) is 0 Å². The lowest BCUT2D eigenvalue weighted by molar-refractivity contribution is -0.385. The van der Waals surface area contributed by atoms with E-state index in [4.69, 9.17) is 0 Å². The van der Waals surface area contributed by atoms with Crippen LogP contribution < -0.4 is 0 Å². The molecule has 0 amide bonds. The molecule has 0 bridgehead atoms. The summed E-state index contributed by atoms with van der Waals surface area (Å²) >= 11 is 5.00. The minimum atomic E-state index is -0.367. The summed E-state index contributed by atoms with van der Waals surface area (Å²) in [7, 11) is 0. The first kappa shape index (κ1) is 15.1. The second-order valence-electron chi connectivity index (χ2n) is 4.54. The number of hydrogen-bond donors (Lipinski definition) is 0. The molecule has 2 aromatic carbocycles. The zero-order chi connectivity index (χ0) is 14.7. The van der Waals surface area contributed by atoms with Crippen LogP contribution >= 0.6 is 27.7 Å². The molecule has 0 N–H and O–H groups in total. The molecule has 2 rings (SSSR count). The Morgan fingerprint density at radius 1 is 1.20 bits per heavy atom. The summed E-state index contributed by atoms with van der Waals surface area (Å²) < 4.78 is 0.571. The molecular weight excluding hydrogens is 338 g/mol. The highest BCUT2D eigenvalue weighted by Gasteiger charge is 2.14. The van der Waals surface area contributed by atoms with Crippen LogP contribution in [0.2, 0.25) is 0 Å². The van der Waals surface area contributed by atoms with Crippen LogP contribution in [0.4, 0.5) is 5.69 Å². The highest BCUT2D eigenvalue weighted by molar-refractivity contribution is 9.10. The monoisotopic (exact) mass is 351 g/mol. The third-order valence-corrected chi connectivity index (χ3v) is 5.09. The van der Waals surface area contributed by atoms with E-state index in [-0.39, 0.29) is 10.6 Å². The number of aryl methyl sites for hydroxylation is 2. The number of nitrogens with zero attached hydrogens (tertiary/aromatic N) is 1. The summed E-state index contributed by atoms with van der Waals surface area (Å²) in [5, 5.41) is 10.9. The molecule has 0 spiro atoms. The van der Waals surface area contributed by atoms with Crippen molar-refractivity contribution < 1.29 is 4.92 Å². The van der Waals surface area contributed by atoms with Gasteiger partial charge in [-0.2, -0.15) is 0 Å².